The maximum atomic E-state index is 12.6. The SMILES string of the molecule is O=C1N(C(F)(F)F)C(F)(F)C(F)(F)N1C(F)(F)F. The average Bonchev–Trinajstić information content (AvgIpc) is 2.08. The Morgan fingerprint density at radius 1 is 0.722 bits per heavy atom. The van der Waals surface area contributed by atoms with Crippen LogP contribution in [0.25, 0.3) is 0 Å². The smallest absolute Gasteiger partial charge is 0.247 e. The number of hydrogen-bond donors (Lipinski definition) is 0. The van der Waals surface area contributed by atoms with Crippen molar-refractivity contribution in [1.82, 2.24) is 9.80 Å². The third-order valence-electron chi connectivity index (χ3n) is 1.81. The second kappa shape index (κ2) is 3.32. The van der Waals surface area contributed by atoms with Crippen molar-refractivity contribution in [2.24, 2.45) is 0 Å². The molecule has 1 rings (SSSR count). The fourth-order valence-electron chi connectivity index (χ4n) is 1.14. The van der Waals surface area contributed by atoms with Crippen LogP contribution in [0.4, 0.5) is 48.7 Å². The number of urea groups is 1. The lowest BCUT2D eigenvalue weighted by Gasteiger charge is -2.27. The summed E-state index contributed by atoms with van der Waals surface area (Å²) in [6.07, 6.45) is -12.8. The van der Waals surface area contributed by atoms with Crippen LogP contribution in [0.3, 0.4) is 0 Å². The van der Waals surface area contributed by atoms with Crippen molar-refractivity contribution < 1.29 is 48.7 Å². The summed E-state index contributed by atoms with van der Waals surface area (Å²) in [5, 5.41) is 0. The second-order valence-corrected chi connectivity index (χ2v) is 2.97. The Labute approximate surface area is 90.5 Å². The summed E-state index contributed by atoms with van der Waals surface area (Å²) in [6, 6.07) is -16.4. The first-order valence-electron chi connectivity index (χ1n) is 3.69. The molecule has 0 aromatic heterocycles. The molecule has 0 aromatic carbocycles. The Hall–Kier alpha value is -1.43. The number of carbonyl (C=O) groups is 1. The molecule has 0 atom stereocenters. The summed E-state index contributed by atoms with van der Waals surface area (Å²) < 4.78 is 122. The topological polar surface area (TPSA) is 23.6 Å². The molecule has 106 valence electrons. The lowest BCUT2D eigenvalue weighted by atomic mass is 10.4. The standard InChI is InChI=1S/C5F10N2O/c6-2(7)3(8,9)17(5(13,14)15)1(18)16(2)4(10,11)12. The highest BCUT2D eigenvalue weighted by molar-refractivity contribution is 5.79. The normalized spacial score (nSPS) is 23.8. The number of rotatable bonds is 0. The molecule has 0 aliphatic carbocycles. The van der Waals surface area contributed by atoms with Crippen LogP contribution in [0.15, 0.2) is 0 Å². The largest absolute Gasteiger partial charge is 0.493 e. The van der Waals surface area contributed by atoms with E-state index in [0.29, 0.717) is 0 Å². The van der Waals surface area contributed by atoms with Gasteiger partial charge in [0, 0.05) is 0 Å². The first kappa shape index (κ1) is 14.6. The van der Waals surface area contributed by atoms with Gasteiger partial charge in [-0.2, -0.15) is 27.4 Å². The molecule has 1 aliphatic rings. The van der Waals surface area contributed by atoms with Crippen molar-refractivity contribution in [3.63, 3.8) is 0 Å². The van der Waals surface area contributed by atoms with Crippen molar-refractivity contribution >= 4 is 6.03 Å². The van der Waals surface area contributed by atoms with Crippen molar-refractivity contribution in [3.05, 3.63) is 0 Å². The van der Waals surface area contributed by atoms with Gasteiger partial charge in [0.05, 0.1) is 0 Å². The second-order valence-electron chi connectivity index (χ2n) is 2.97. The van der Waals surface area contributed by atoms with E-state index in [9.17, 15) is 48.7 Å². The minimum atomic E-state index is -6.40. The zero-order valence-corrected chi connectivity index (χ0v) is 7.58. The van der Waals surface area contributed by atoms with E-state index in [0.717, 1.165) is 0 Å². The number of halogens is 10. The third-order valence-corrected chi connectivity index (χ3v) is 1.81. The molecular weight excluding hydrogens is 294 g/mol. The molecule has 0 radical (unpaired) electrons. The van der Waals surface area contributed by atoms with Gasteiger partial charge in [0.2, 0.25) is 0 Å². The lowest BCUT2D eigenvalue weighted by molar-refractivity contribution is -0.378. The van der Waals surface area contributed by atoms with Gasteiger partial charge in [-0.05, 0) is 0 Å². The first-order chi connectivity index (χ1) is 7.65. The van der Waals surface area contributed by atoms with E-state index in [2.05, 4.69) is 0 Å². The predicted octanol–water partition coefficient (Wildman–Crippen LogP) is 2.95. The molecule has 3 nitrogen and oxygen atoms in total. The van der Waals surface area contributed by atoms with Crippen LogP contribution >= 0.6 is 0 Å². The quantitative estimate of drug-likeness (QED) is 0.498. The van der Waals surface area contributed by atoms with Gasteiger partial charge in [0.1, 0.15) is 0 Å². The van der Waals surface area contributed by atoms with Gasteiger partial charge in [-0.15, -0.1) is 26.3 Å². The van der Waals surface area contributed by atoms with Crippen molar-refractivity contribution in [2.45, 2.75) is 24.7 Å². The molecule has 18 heavy (non-hydrogen) atoms. The predicted molar refractivity (Wildman–Crippen MR) is 31.1 cm³/mol. The molecule has 0 bridgehead atoms. The molecule has 1 fully saturated rings. The van der Waals surface area contributed by atoms with E-state index in [4.69, 9.17) is 0 Å². The Bertz CT molecular complexity index is 335. The van der Waals surface area contributed by atoms with E-state index in [-0.39, 0.29) is 0 Å². The van der Waals surface area contributed by atoms with E-state index >= 15 is 0 Å². The third kappa shape index (κ3) is 1.71. The van der Waals surface area contributed by atoms with Gasteiger partial charge in [0.25, 0.3) is 0 Å². The molecule has 0 unspecified atom stereocenters. The summed E-state index contributed by atoms with van der Waals surface area (Å²) in [7, 11) is 0. The van der Waals surface area contributed by atoms with Crippen molar-refractivity contribution in [1.29, 1.82) is 0 Å². The van der Waals surface area contributed by atoms with Gasteiger partial charge >= 0.3 is 30.7 Å². The van der Waals surface area contributed by atoms with Gasteiger partial charge in [-0.1, -0.05) is 0 Å². The van der Waals surface area contributed by atoms with E-state index < -0.39 is 40.5 Å². The van der Waals surface area contributed by atoms with Crippen molar-refractivity contribution in [3.8, 4) is 0 Å². The number of nitrogens with zero attached hydrogens (tertiary/aromatic N) is 2. The number of amides is 2. The lowest BCUT2D eigenvalue weighted by Crippen LogP contribution is -2.55. The summed E-state index contributed by atoms with van der Waals surface area (Å²) in [5.41, 5.74) is 0. The van der Waals surface area contributed by atoms with Crippen LogP contribution in [0, 0.1) is 0 Å². The number of alkyl halides is 10. The molecule has 13 heteroatoms. The molecule has 2 amide bonds. The number of carbonyl (C=O) groups excluding carboxylic acids is 1. The van der Waals surface area contributed by atoms with Crippen LogP contribution in [0.5, 0.6) is 0 Å². The van der Waals surface area contributed by atoms with Crippen LogP contribution in [0.1, 0.15) is 0 Å². The molecule has 0 aromatic rings. The highest BCUT2D eigenvalue weighted by atomic mass is 19.4. The van der Waals surface area contributed by atoms with Gasteiger partial charge in [-0.3, -0.25) is 0 Å². The van der Waals surface area contributed by atoms with Gasteiger partial charge in [0.15, 0.2) is 0 Å². The Kier molecular flexibility index (Phi) is 2.70. The summed E-state index contributed by atoms with van der Waals surface area (Å²) in [6.45, 7) is 0. The maximum absolute atomic E-state index is 12.6. The van der Waals surface area contributed by atoms with Crippen LogP contribution < -0.4 is 0 Å². The highest BCUT2D eigenvalue weighted by Gasteiger charge is 2.83. The number of hydrogen-bond acceptors (Lipinski definition) is 1. The molecule has 0 spiro atoms. The van der Waals surface area contributed by atoms with Crippen LogP contribution in [-0.4, -0.2) is 40.5 Å². The molecule has 1 heterocycles. The molecular formula is C5F10N2O. The Morgan fingerprint density at radius 2 is 0.944 bits per heavy atom. The van der Waals surface area contributed by atoms with E-state index in [1.54, 1.807) is 0 Å². The van der Waals surface area contributed by atoms with E-state index in [1.807, 2.05) is 0 Å². The van der Waals surface area contributed by atoms with E-state index in [1.165, 1.54) is 0 Å². The summed E-state index contributed by atoms with van der Waals surface area (Å²) in [4.78, 5) is 4.94. The molecule has 0 N–H and O–H groups in total. The van der Waals surface area contributed by atoms with Gasteiger partial charge in [-0.25, -0.2) is 4.79 Å². The first-order valence-corrected chi connectivity index (χ1v) is 3.69. The minimum absolute atomic E-state index is 2.77. The monoisotopic (exact) mass is 294 g/mol. The fraction of sp³-hybridized carbons (Fsp3) is 0.800. The molecule has 1 aliphatic heterocycles. The average molecular weight is 294 g/mol. The Morgan fingerprint density at radius 3 is 1.06 bits per heavy atom. The maximum Gasteiger partial charge on any atom is 0.493 e. The molecule has 1 saturated heterocycles. The van der Waals surface area contributed by atoms with Gasteiger partial charge < -0.3 is 0 Å². The van der Waals surface area contributed by atoms with Crippen molar-refractivity contribution in [2.75, 3.05) is 0 Å². The molecule has 0 saturated carbocycles. The van der Waals surface area contributed by atoms with Crippen LogP contribution in [-0.2, 0) is 0 Å². The summed E-state index contributed by atoms with van der Waals surface area (Å²) >= 11 is 0. The summed E-state index contributed by atoms with van der Waals surface area (Å²) in [5.74, 6) is 0. The minimum Gasteiger partial charge on any atom is -0.247 e. The highest BCUT2D eigenvalue weighted by Crippen LogP contribution is 2.53. The zero-order chi connectivity index (χ0) is 14.7. The Balaban J connectivity index is 3.43. The zero-order valence-electron chi connectivity index (χ0n) is 7.58. The fourth-order valence-corrected chi connectivity index (χ4v) is 1.14. The van der Waals surface area contributed by atoms with Crippen LogP contribution in [0.2, 0.25) is 0 Å².